The molecule has 0 aliphatic heterocycles. The van der Waals surface area contributed by atoms with Crippen LogP contribution in [0.25, 0.3) is 0 Å². The van der Waals surface area contributed by atoms with Gasteiger partial charge in [0.1, 0.15) is 0 Å². The van der Waals surface area contributed by atoms with Crippen molar-refractivity contribution in [1.82, 2.24) is 0 Å². The monoisotopic (exact) mass is 568 g/mol. The maximum absolute atomic E-state index is 13.9. The molecule has 0 saturated heterocycles. The fourth-order valence-electron chi connectivity index (χ4n) is 12.9. The molecule has 11 aliphatic carbocycles. The lowest BCUT2D eigenvalue weighted by molar-refractivity contribution is -0.241. The number of carbonyl (C=O) groups excluding carboxylic acids is 2. The molecule has 7 nitrogen and oxygen atoms in total. The Kier molecular flexibility index (Phi) is 5.05. The van der Waals surface area contributed by atoms with Crippen LogP contribution in [0.5, 0.6) is 0 Å². The third-order valence-corrected chi connectivity index (χ3v) is 14.1. The van der Waals surface area contributed by atoms with Gasteiger partial charge in [-0.2, -0.15) is 17.2 Å². The predicted octanol–water partition coefficient (Wildman–Crippen LogP) is 4.85. The molecule has 216 valence electrons. The van der Waals surface area contributed by atoms with Gasteiger partial charge in [-0.25, -0.2) is 4.79 Å². The van der Waals surface area contributed by atoms with Crippen LogP contribution in [0.2, 0.25) is 0 Å². The fraction of sp³-hybridized carbons (Fsp3) is 0.931. The predicted molar refractivity (Wildman–Crippen MR) is 133 cm³/mol. The van der Waals surface area contributed by atoms with E-state index in [1.807, 2.05) is 0 Å². The summed E-state index contributed by atoms with van der Waals surface area (Å²) in [6.07, 6.45) is 12.0. The standard InChI is InChI=1S/C29H38F2O7S/c30-29(31,39(34,35)36)25(33)38-14-27-7-16-1-17(8-27)6-26(5-16,12-27)13-37-24(32)28-9-21-18-2-15-3-19(21)23(11-28)20(4-15)22(18)10-28/h15-23H,1-14H2,(H,34,35,36). The van der Waals surface area contributed by atoms with Crippen molar-refractivity contribution in [1.29, 1.82) is 0 Å². The summed E-state index contributed by atoms with van der Waals surface area (Å²) in [5.41, 5.74) is -1.11. The van der Waals surface area contributed by atoms with Crippen LogP contribution in [0.1, 0.15) is 77.0 Å². The van der Waals surface area contributed by atoms with Crippen LogP contribution in [0.4, 0.5) is 8.78 Å². The summed E-state index contributed by atoms with van der Waals surface area (Å²) in [7, 11) is -5.90. The summed E-state index contributed by atoms with van der Waals surface area (Å²) in [4.78, 5) is 25.8. The van der Waals surface area contributed by atoms with Crippen LogP contribution in [-0.4, -0.2) is 43.4 Å². The lowest BCUT2D eigenvalue weighted by atomic mass is 9.33. The van der Waals surface area contributed by atoms with E-state index in [-0.39, 0.29) is 23.4 Å². The highest BCUT2D eigenvalue weighted by Crippen LogP contribution is 2.74. The van der Waals surface area contributed by atoms with E-state index in [0.717, 1.165) is 75.0 Å². The van der Waals surface area contributed by atoms with Gasteiger partial charge in [0, 0.05) is 10.8 Å². The molecule has 11 aliphatic rings. The smallest absolute Gasteiger partial charge is 0.465 e. The molecule has 2 atom stereocenters. The van der Waals surface area contributed by atoms with Crippen molar-refractivity contribution in [2.75, 3.05) is 13.2 Å². The van der Waals surface area contributed by atoms with Gasteiger partial charge in [-0.05, 0) is 130 Å². The Hall–Kier alpha value is -1.29. The molecule has 0 aromatic heterocycles. The molecule has 11 saturated carbocycles. The van der Waals surface area contributed by atoms with E-state index in [9.17, 15) is 26.8 Å². The summed E-state index contributed by atoms with van der Waals surface area (Å²) in [5, 5.41) is -4.99. The Bertz CT molecular complexity index is 1160. The van der Waals surface area contributed by atoms with Gasteiger partial charge in [0.2, 0.25) is 0 Å². The Labute approximate surface area is 227 Å². The van der Waals surface area contributed by atoms with Gasteiger partial charge < -0.3 is 9.47 Å². The average molecular weight is 569 g/mol. The summed E-state index contributed by atoms with van der Waals surface area (Å²) < 4.78 is 69.5. The second-order valence-electron chi connectivity index (χ2n) is 15.6. The Morgan fingerprint density at radius 1 is 0.718 bits per heavy atom. The summed E-state index contributed by atoms with van der Waals surface area (Å²) in [5.74, 6) is 3.92. The molecule has 0 heterocycles. The molecule has 1 N–H and O–H groups in total. The number of ether oxygens (including phenoxy) is 2. The van der Waals surface area contributed by atoms with Gasteiger partial charge in [0.15, 0.2) is 0 Å². The lowest BCUT2D eigenvalue weighted by Crippen LogP contribution is -2.66. The first-order chi connectivity index (χ1) is 18.3. The van der Waals surface area contributed by atoms with Gasteiger partial charge in [0.25, 0.3) is 0 Å². The van der Waals surface area contributed by atoms with Crippen LogP contribution < -0.4 is 0 Å². The number of hydrogen-bond donors (Lipinski definition) is 1. The van der Waals surface area contributed by atoms with E-state index in [1.54, 1.807) is 0 Å². The van der Waals surface area contributed by atoms with Gasteiger partial charge in [-0.15, -0.1) is 0 Å². The Morgan fingerprint density at radius 3 is 1.64 bits per heavy atom. The molecule has 0 spiro atoms. The summed E-state index contributed by atoms with van der Waals surface area (Å²) in [6.45, 7) is 0.0234. The largest absolute Gasteiger partial charge is 0.465 e. The molecule has 12 bridgehead atoms. The highest BCUT2D eigenvalue weighted by Gasteiger charge is 2.69. The SMILES string of the molecule is O=C(OCC12CC3CC(C1)CC(COC(=O)C(F)(F)S(=O)(=O)O)(C3)C2)C12CC3C4CC5CC3C(C1)C(C5)C4C2. The quantitative estimate of drug-likeness (QED) is 0.346. The molecule has 2 unspecified atom stereocenters. The minimum absolute atomic E-state index is 0.0143. The van der Waals surface area contributed by atoms with Crippen molar-refractivity contribution >= 4 is 22.1 Å². The second kappa shape index (κ2) is 7.75. The van der Waals surface area contributed by atoms with Crippen LogP contribution in [-0.2, 0) is 29.2 Å². The minimum Gasteiger partial charge on any atom is -0.465 e. The first-order valence-corrected chi connectivity index (χ1v) is 16.4. The minimum atomic E-state index is -5.90. The van der Waals surface area contributed by atoms with Crippen molar-refractivity contribution in [3.8, 4) is 0 Å². The number of esters is 2. The van der Waals surface area contributed by atoms with Gasteiger partial charge in [0.05, 0.1) is 18.6 Å². The average Bonchev–Trinajstić information content (AvgIpc) is 2.87. The molecule has 0 amide bonds. The van der Waals surface area contributed by atoms with Crippen molar-refractivity contribution in [3.05, 3.63) is 0 Å². The molecular formula is C29H38F2O7S. The molecule has 0 aromatic rings. The Balaban J connectivity index is 0.964. The lowest BCUT2D eigenvalue weighted by Gasteiger charge is -2.71. The molecule has 11 fully saturated rings. The van der Waals surface area contributed by atoms with Crippen LogP contribution in [0.3, 0.4) is 0 Å². The number of halogens is 2. The number of carbonyl (C=O) groups is 2. The molecule has 0 aromatic carbocycles. The van der Waals surface area contributed by atoms with Crippen molar-refractivity contribution in [2.45, 2.75) is 82.3 Å². The molecule has 0 radical (unpaired) electrons. The van der Waals surface area contributed by atoms with Crippen molar-refractivity contribution < 1.29 is 40.8 Å². The van der Waals surface area contributed by atoms with E-state index in [1.165, 1.54) is 19.3 Å². The second-order valence-corrected chi connectivity index (χ2v) is 17.0. The summed E-state index contributed by atoms with van der Waals surface area (Å²) >= 11 is 0. The van der Waals surface area contributed by atoms with Gasteiger partial charge in [-0.1, -0.05) is 0 Å². The zero-order valence-corrected chi connectivity index (χ0v) is 23.0. The van der Waals surface area contributed by atoms with Crippen molar-refractivity contribution in [3.63, 3.8) is 0 Å². The highest BCUT2D eigenvalue weighted by molar-refractivity contribution is 7.87. The van der Waals surface area contributed by atoms with E-state index < -0.39 is 26.8 Å². The maximum atomic E-state index is 13.9. The van der Waals surface area contributed by atoms with Crippen LogP contribution >= 0.6 is 0 Å². The topological polar surface area (TPSA) is 107 Å². The molecule has 39 heavy (non-hydrogen) atoms. The fourth-order valence-corrected chi connectivity index (χ4v) is 13.2. The molecule has 10 heteroatoms. The zero-order valence-electron chi connectivity index (χ0n) is 22.2. The first kappa shape index (κ1) is 25.4. The third kappa shape index (κ3) is 3.48. The van der Waals surface area contributed by atoms with Crippen molar-refractivity contribution in [2.24, 2.45) is 69.5 Å². The van der Waals surface area contributed by atoms with Gasteiger partial charge >= 0.3 is 27.3 Å². The third-order valence-electron chi connectivity index (χ3n) is 13.3. The summed E-state index contributed by atoms with van der Waals surface area (Å²) in [6, 6.07) is 0. The molecule has 11 rings (SSSR count). The van der Waals surface area contributed by atoms with E-state index in [2.05, 4.69) is 0 Å². The number of hydrogen-bond acceptors (Lipinski definition) is 6. The van der Waals surface area contributed by atoms with E-state index in [4.69, 9.17) is 14.0 Å². The van der Waals surface area contributed by atoms with Crippen LogP contribution in [0.15, 0.2) is 0 Å². The number of rotatable bonds is 7. The Morgan fingerprint density at radius 2 is 1.18 bits per heavy atom. The highest BCUT2D eigenvalue weighted by atomic mass is 32.2. The molecular weight excluding hydrogens is 530 g/mol. The normalized spacial score (nSPS) is 51.9. The number of alkyl halides is 2. The zero-order chi connectivity index (χ0) is 27.2. The first-order valence-electron chi connectivity index (χ1n) is 15.0. The van der Waals surface area contributed by atoms with E-state index in [0.29, 0.717) is 42.6 Å². The van der Waals surface area contributed by atoms with Gasteiger partial charge in [-0.3, -0.25) is 9.35 Å². The van der Waals surface area contributed by atoms with Crippen LogP contribution in [0, 0.1) is 69.5 Å². The maximum Gasteiger partial charge on any atom is 0.465 e. The van der Waals surface area contributed by atoms with E-state index >= 15 is 0 Å².